The van der Waals surface area contributed by atoms with Crippen molar-refractivity contribution < 1.29 is 14.3 Å². The number of ether oxygens (including phenoxy) is 2. The predicted octanol–water partition coefficient (Wildman–Crippen LogP) is 4.09. The number of benzene rings is 1. The van der Waals surface area contributed by atoms with Gasteiger partial charge in [0, 0.05) is 53.5 Å². The van der Waals surface area contributed by atoms with Gasteiger partial charge in [-0.3, -0.25) is 9.59 Å². The topological polar surface area (TPSA) is 99.1 Å². The quantitative estimate of drug-likeness (QED) is 0.452. The number of H-pyrrole nitrogens is 1. The second-order valence-corrected chi connectivity index (χ2v) is 8.82. The molecule has 0 bridgehead atoms. The Morgan fingerprint density at radius 2 is 2.03 bits per heavy atom. The van der Waals surface area contributed by atoms with E-state index in [-0.39, 0.29) is 12.0 Å². The lowest BCUT2D eigenvalue weighted by atomic mass is 9.86. The molecule has 174 valence electrons. The lowest BCUT2D eigenvalue weighted by Crippen LogP contribution is -2.31. The lowest BCUT2D eigenvalue weighted by molar-refractivity contribution is -0.140. The molecule has 8 nitrogen and oxygen atoms in total. The average molecular weight is 459 g/mol. The number of nitrogens with zero attached hydrogens (tertiary/aromatic N) is 3. The number of nitrogens with one attached hydrogen (secondary N) is 1. The van der Waals surface area contributed by atoms with E-state index in [1.165, 1.54) is 7.11 Å². The minimum Gasteiger partial charge on any atom is -0.469 e. The molecule has 0 saturated carbocycles. The van der Waals surface area contributed by atoms with Crippen molar-refractivity contribution in [3.05, 3.63) is 80.8 Å². The number of fused-ring (bicyclic) bond motifs is 3. The highest BCUT2D eigenvalue weighted by Gasteiger charge is 2.34. The standard InChI is InChI=1S/C26H26N4O4/c1-14-7-15(2)24-17(8-14)10-20-19(11-22(31)33-4)23-21(34-25(20)29-24)9-16(3)30(26(23)32)6-5-18-12-27-13-28-18/h7-10,12-13,19H,5-6,11H2,1-4H3,(H,27,28)/t19-/m1/s1. The van der Waals surface area contributed by atoms with Crippen molar-refractivity contribution in [2.45, 2.75) is 46.1 Å². The van der Waals surface area contributed by atoms with E-state index in [4.69, 9.17) is 14.5 Å². The first-order valence-corrected chi connectivity index (χ1v) is 11.2. The molecule has 4 heterocycles. The van der Waals surface area contributed by atoms with Gasteiger partial charge in [0.25, 0.3) is 5.56 Å². The maximum atomic E-state index is 13.7. The van der Waals surface area contributed by atoms with Crippen LogP contribution in [0.25, 0.3) is 10.9 Å². The highest BCUT2D eigenvalue weighted by molar-refractivity contribution is 5.85. The van der Waals surface area contributed by atoms with Crippen molar-refractivity contribution in [1.82, 2.24) is 19.5 Å². The van der Waals surface area contributed by atoms with Crippen molar-refractivity contribution in [3.8, 4) is 11.6 Å². The number of methoxy groups -OCH3 is 1. The van der Waals surface area contributed by atoms with E-state index in [0.29, 0.717) is 30.2 Å². The van der Waals surface area contributed by atoms with E-state index in [1.54, 1.807) is 17.1 Å². The Labute approximate surface area is 196 Å². The summed E-state index contributed by atoms with van der Waals surface area (Å²) < 4.78 is 12.9. The molecule has 0 unspecified atom stereocenters. The third kappa shape index (κ3) is 3.75. The first-order valence-electron chi connectivity index (χ1n) is 11.2. The fourth-order valence-corrected chi connectivity index (χ4v) is 4.80. The van der Waals surface area contributed by atoms with Crippen LogP contribution in [0.2, 0.25) is 0 Å². The van der Waals surface area contributed by atoms with Crippen LogP contribution in [-0.2, 0) is 22.5 Å². The third-order valence-electron chi connectivity index (χ3n) is 6.44. The van der Waals surface area contributed by atoms with E-state index in [1.807, 2.05) is 32.9 Å². The maximum Gasteiger partial charge on any atom is 0.306 e. The summed E-state index contributed by atoms with van der Waals surface area (Å²) in [6, 6.07) is 7.97. The maximum absolute atomic E-state index is 13.7. The van der Waals surface area contributed by atoms with Crippen molar-refractivity contribution in [1.29, 1.82) is 0 Å². The number of imidazole rings is 1. The number of aromatic nitrogens is 4. The molecule has 1 atom stereocenters. The second kappa shape index (κ2) is 8.44. The molecule has 1 aliphatic heterocycles. The van der Waals surface area contributed by atoms with Gasteiger partial charge >= 0.3 is 5.97 Å². The van der Waals surface area contributed by atoms with E-state index >= 15 is 0 Å². The van der Waals surface area contributed by atoms with E-state index in [2.05, 4.69) is 22.1 Å². The largest absolute Gasteiger partial charge is 0.469 e. The molecule has 3 aromatic heterocycles. The van der Waals surface area contributed by atoms with Gasteiger partial charge in [-0.05, 0) is 38.5 Å². The molecule has 0 saturated heterocycles. The Bertz CT molecular complexity index is 1470. The first-order chi connectivity index (χ1) is 16.4. The van der Waals surface area contributed by atoms with Crippen molar-refractivity contribution in [2.75, 3.05) is 7.11 Å². The number of aromatic amines is 1. The molecule has 0 aliphatic carbocycles. The molecule has 5 rings (SSSR count). The van der Waals surface area contributed by atoms with Gasteiger partial charge in [-0.1, -0.05) is 11.6 Å². The van der Waals surface area contributed by atoms with Gasteiger partial charge in [0.15, 0.2) is 0 Å². The van der Waals surface area contributed by atoms with Gasteiger partial charge in [-0.2, -0.15) is 0 Å². The molecule has 0 radical (unpaired) electrons. The zero-order valence-corrected chi connectivity index (χ0v) is 19.6. The summed E-state index contributed by atoms with van der Waals surface area (Å²) in [5.41, 5.74) is 5.72. The minimum absolute atomic E-state index is 0.0245. The number of pyridine rings is 2. The number of hydrogen-bond acceptors (Lipinski definition) is 6. The normalized spacial score (nSPS) is 14.4. The molecule has 8 heteroatoms. The third-order valence-corrected chi connectivity index (χ3v) is 6.44. The predicted molar refractivity (Wildman–Crippen MR) is 127 cm³/mol. The molecule has 0 spiro atoms. The summed E-state index contributed by atoms with van der Waals surface area (Å²) in [6.07, 6.45) is 4.02. The number of carbonyl (C=O) groups is 1. The number of esters is 1. The number of carbonyl (C=O) groups excluding carboxylic acids is 1. The molecule has 34 heavy (non-hydrogen) atoms. The summed E-state index contributed by atoms with van der Waals surface area (Å²) in [5, 5.41) is 0.949. The second-order valence-electron chi connectivity index (χ2n) is 8.82. The highest BCUT2D eigenvalue weighted by Crippen LogP contribution is 2.45. The highest BCUT2D eigenvalue weighted by atomic mass is 16.5. The summed E-state index contributed by atoms with van der Waals surface area (Å²) in [4.78, 5) is 38.1. The SMILES string of the molecule is COC(=O)C[C@@H]1c2cc3cc(C)cc(C)c3nc2Oc2cc(C)n(CCc3cnc[nH]3)c(=O)c21. The Morgan fingerprint density at radius 1 is 1.21 bits per heavy atom. The summed E-state index contributed by atoms with van der Waals surface area (Å²) >= 11 is 0. The van der Waals surface area contributed by atoms with Crippen LogP contribution >= 0.6 is 0 Å². The lowest BCUT2D eigenvalue weighted by Gasteiger charge is -2.28. The minimum atomic E-state index is -0.518. The molecule has 1 N–H and O–H groups in total. The Balaban J connectivity index is 1.66. The molecule has 0 amide bonds. The molecule has 1 aliphatic rings. The van der Waals surface area contributed by atoms with Crippen molar-refractivity contribution in [3.63, 3.8) is 0 Å². The Kier molecular flexibility index (Phi) is 5.43. The fourth-order valence-electron chi connectivity index (χ4n) is 4.80. The van der Waals surface area contributed by atoms with Gasteiger partial charge in [0.05, 0.1) is 30.9 Å². The summed E-state index contributed by atoms with van der Waals surface area (Å²) in [6.45, 7) is 6.40. The zero-order valence-electron chi connectivity index (χ0n) is 19.6. The summed E-state index contributed by atoms with van der Waals surface area (Å²) in [7, 11) is 1.35. The van der Waals surface area contributed by atoms with Crippen LogP contribution in [0.5, 0.6) is 11.6 Å². The van der Waals surface area contributed by atoms with Crippen molar-refractivity contribution >= 4 is 16.9 Å². The Morgan fingerprint density at radius 3 is 2.76 bits per heavy atom. The summed E-state index contributed by atoms with van der Waals surface area (Å²) in [5.74, 6) is -0.0445. The smallest absolute Gasteiger partial charge is 0.306 e. The average Bonchev–Trinajstić information content (AvgIpc) is 3.31. The van der Waals surface area contributed by atoms with Crippen LogP contribution in [-0.4, -0.2) is 32.6 Å². The van der Waals surface area contributed by atoms with Gasteiger partial charge in [0.2, 0.25) is 5.88 Å². The van der Waals surface area contributed by atoms with E-state index in [0.717, 1.165) is 39.0 Å². The van der Waals surface area contributed by atoms with Crippen LogP contribution in [0.3, 0.4) is 0 Å². The van der Waals surface area contributed by atoms with Gasteiger partial charge in [0.1, 0.15) is 5.75 Å². The Hall–Kier alpha value is -3.94. The van der Waals surface area contributed by atoms with Crippen LogP contribution in [0, 0.1) is 20.8 Å². The molecule has 1 aromatic carbocycles. The van der Waals surface area contributed by atoms with Gasteiger partial charge < -0.3 is 19.0 Å². The molecule has 4 aromatic rings. The monoisotopic (exact) mass is 458 g/mol. The zero-order chi connectivity index (χ0) is 24.0. The van der Waals surface area contributed by atoms with Crippen molar-refractivity contribution in [2.24, 2.45) is 0 Å². The fraction of sp³-hybridized carbons (Fsp3) is 0.308. The number of hydrogen-bond donors (Lipinski definition) is 1. The van der Waals surface area contributed by atoms with Crippen LogP contribution in [0.1, 0.15) is 46.0 Å². The van der Waals surface area contributed by atoms with Crippen LogP contribution in [0.4, 0.5) is 0 Å². The van der Waals surface area contributed by atoms with Gasteiger partial charge in [-0.25, -0.2) is 9.97 Å². The van der Waals surface area contributed by atoms with Crippen LogP contribution < -0.4 is 10.3 Å². The molecular weight excluding hydrogens is 432 g/mol. The molecular formula is C26H26N4O4. The first kappa shape index (κ1) is 21.9. The molecule has 0 fully saturated rings. The van der Waals surface area contributed by atoms with Gasteiger partial charge in [-0.15, -0.1) is 0 Å². The number of aryl methyl sites for hydroxylation is 4. The van der Waals surface area contributed by atoms with E-state index in [9.17, 15) is 9.59 Å². The number of rotatable bonds is 5. The van der Waals surface area contributed by atoms with Crippen LogP contribution in [0.15, 0.2) is 41.6 Å². The van der Waals surface area contributed by atoms with E-state index < -0.39 is 11.9 Å².